The number of aromatic nitrogens is 3. The second-order valence-corrected chi connectivity index (χ2v) is 7.23. The van der Waals surface area contributed by atoms with Crippen LogP contribution in [0.3, 0.4) is 0 Å². The number of aryl methyl sites for hydroxylation is 2. The summed E-state index contributed by atoms with van der Waals surface area (Å²) in [5.74, 6) is 0.557. The Hall–Kier alpha value is -2.52. The van der Waals surface area contributed by atoms with Crippen LogP contribution in [0.4, 0.5) is 5.69 Å². The van der Waals surface area contributed by atoms with Crippen molar-refractivity contribution in [1.29, 1.82) is 0 Å². The summed E-state index contributed by atoms with van der Waals surface area (Å²) in [5.41, 5.74) is 2.01. The molecular formula is C16H20N4O4S. The van der Waals surface area contributed by atoms with Crippen LogP contribution in [-0.4, -0.2) is 43.3 Å². The Labute approximate surface area is 145 Å². The summed E-state index contributed by atoms with van der Waals surface area (Å²) in [4.78, 5) is 7.08. The van der Waals surface area contributed by atoms with E-state index in [0.717, 1.165) is 11.1 Å². The van der Waals surface area contributed by atoms with Gasteiger partial charge in [-0.2, -0.15) is 8.42 Å². The highest BCUT2D eigenvalue weighted by Gasteiger charge is 2.21. The summed E-state index contributed by atoms with van der Waals surface area (Å²) in [6.45, 7) is 2.72. The zero-order valence-corrected chi connectivity index (χ0v) is 15.1. The maximum Gasteiger partial charge on any atom is 0.295 e. The lowest BCUT2D eigenvalue weighted by Crippen LogP contribution is -2.17. The lowest BCUT2D eigenvalue weighted by atomic mass is 10.2. The lowest BCUT2D eigenvalue weighted by molar-refractivity contribution is 0.146. The molecule has 0 aliphatic rings. The van der Waals surface area contributed by atoms with E-state index >= 15 is 0 Å². The van der Waals surface area contributed by atoms with Crippen molar-refractivity contribution in [2.45, 2.75) is 12.1 Å². The number of sulfonamides is 1. The van der Waals surface area contributed by atoms with Crippen LogP contribution in [0.1, 0.15) is 5.69 Å². The zero-order chi connectivity index (χ0) is 18.0. The molecule has 2 N–H and O–H groups in total. The largest absolute Gasteiger partial charge is 0.491 e. The van der Waals surface area contributed by atoms with Crippen LogP contribution in [0.25, 0.3) is 10.9 Å². The molecule has 0 saturated heterocycles. The first-order valence-corrected chi connectivity index (χ1v) is 9.14. The van der Waals surface area contributed by atoms with Crippen LogP contribution in [0.5, 0.6) is 5.75 Å². The van der Waals surface area contributed by atoms with Gasteiger partial charge < -0.3 is 19.0 Å². The van der Waals surface area contributed by atoms with Crippen molar-refractivity contribution in [3.05, 3.63) is 36.3 Å². The molecule has 0 fully saturated rings. The number of hydrogen-bond acceptors (Lipinski definition) is 5. The number of nitrogens with one attached hydrogen (secondary N) is 2. The van der Waals surface area contributed by atoms with Gasteiger partial charge in [-0.3, -0.25) is 4.72 Å². The van der Waals surface area contributed by atoms with Crippen molar-refractivity contribution in [2.24, 2.45) is 7.05 Å². The number of methoxy groups -OCH3 is 1. The van der Waals surface area contributed by atoms with Crippen molar-refractivity contribution < 1.29 is 17.9 Å². The summed E-state index contributed by atoms with van der Waals surface area (Å²) < 4.78 is 39.9. The Kier molecular flexibility index (Phi) is 4.69. The molecular weight excluding hydrogens is 344 g/mol. The number of hydrogen-bond donors (Lipinski definition) is 2. The van der Waals surface area contributed by atoms with E-state index in [1.807, 2.05) is 19.1 Å². The van der Waals surface area contributed by atoms with Gasteiger partial charge in [0.05, 0.1) is 17.8 Å². The topological polar surface area (TPSA) is 98.2 Å². The number of H-pyrrole nitrogens is 1. The van der Waals surface area contributed by atoms with Crippen molar-refractivity contribution in [3.63, 3.8) is 0 Å². The van der Waals surface area contributed by atoms with Gasteiger partial charge >= 0.3 is 0 Å². The van der Waals surface area contributed by atoms with E-state index in [4.69, 9.17) is 9.47 Å². The van der Waals surface area contributed by atoms with Crippen molar-refractivity contribution >= 4 is 26.6 Å². The number of fused-ring (bicyclic) bond motifs is 1. The third kappa shape index (κ3) is 3.62. The van der Waals surface area contributed by atoms with Crippen LogP contribution >= 0.6 is 0 Å². The highest BCUT2D eigenvalue weighted by atomic mass is 32.2. The van der Waals surface area contributed by atoms with E-state index in [2.05, 4.69) is 14.7 Å². The fourth-order valence-electron chi connectivity index (χ4n) is 2.56. The molecule has 0 unspecified atom stereocenters. The van der Waals surface area contributed by atoms with Gasteiger partial charge in [-0.1, -0.05) is 0 Å². The van der Waals surface area contributed by atoms with Gasteiger partial charge in [-0.25, -0.2) is 4.98 Å². The van der Waals surface area contributed by atoms with E-state index in [1.165, 1.54) is 10.8 Å². The molecule has 0 aliphatic heterocycles. The van der Waals surface area contributed by atoms with Crippen LogP contribution < -0.4 is 9.46 Å². The number of nitrogens with zero attached hydrogens (tertiary/aromatic N) is 2. The number of aromatic amines is 1. The van der Waals surface area contributed by atoms with E-state index in [-0.39, 0.29) is 5.16 Å². The normalized spacial score (nSPS) is 11.8. The lowest BCUT2D eigenvalue weighted by Gasteiger charge is -2.12. The van der Waals surface area contributed by atoms with Gasteiger partial charge in [0.15, 0.2) is 0 Å². The molecule has 0 saturated carbocycles. The Morgan fingerprint density at radius 3 is 2.76 bits per heavy atom. The van der Waals surface area contributed by atoms with Gasteiger partial charge in [0, 0.05) is 43.7 Å². The first-order chi connectivity index (χ1) is 11.9. The molecule has 0 radical (unpaired) electrons. The monoisotopic (exact) mass is 364 g/mol. The molecule has 0 spiro atoms. The highest BCUT2D eigenvalue weighted by molar-refractivity contribution is 7.92. The van der Waals surface area contributed by atoms with E-state index < -0.39 is 10.0 Å². The Balaban J connectivity index is 2.00. The summed E-state index contributed by atoms with van der Waals surface area (Å²) in [6, 6.07) is 5.43. The minimum atomic E-state index is -3.82. The van der Waals surface area contributed by atoms with Crippen molar-refractivity contribution in [1.82, 2.24) is 14.5 Å². The molecule has 3 rings (SSSR count). The van der Waals surface area contributed by atoms with Crippen molar-refractivity contribution in [3.8, 4) is 5.75 Å². The second kappa shape index (κ2) is 6.77. The maximum absolute atomic E-state index is 12.6. The molecule has 0 atom stereocenters. The number of rotatable bonds is 7. The molecule has 0 bridgehead atoms. The summed E-state index contributed by atoms with van der Waals surface area (Å²) in [7, 11) is -0.606. The van der Waals surface area contributed by atoms with Gasteiger partial charge in [0.2, 0.25) is 5.16 Å². The van der Waals surface area contributed by atoms with Crippen LogP contribution in [0.15, 0.2) is 35.7 Å². The molecule has 2 aromatic heterocycles. The summed E-state index contributed by atoms with van der Waals surface area (Å²) in [6.07, 6.45) is 3.01. The van der Waals surface area contributed by atoms with Gasteiger partial charge in [0.1, 0.15) is 12.4 Å². The second-order valence-electron chi connectivity index (χ2n) is 5.65. The minimum absolute atomic E-state index is 0.0605. The predicted molar refractivity (Wildman–Crippen MR) is 94.4 cm³/mol. The summed E-state index contributed by atoms with van der Waals surface area (Å²) >= 11 is 0. The Bertz CT molecular complexity index is 991. The first-order valence-electron chi connectivity index (χ1n) is 7.66. The Morgan fingerprint density at radius 1 is 1.28 bits per heavy atom. The quantitative estimate of drug-likeness (QED) is 0.625. The number of benzene rings is 1. The van der Waals surface area contributed by atoms with Gasteiger partial charge in [0.25, 0.3) is 10.0 Å². The van der Waals surface area contributed by atoms with Crippen LogP contribution in [0, 0.1) is 6.92 Å². The van der Waals surface area contributed by atoms with Gasteiger partial charge in [-0.05, 0) is 19.1 Å². The molecule has 9 heteroatoms. The summed E-state index contributed by atoms with van der Waals surface area (Å²) in [5, 5.41) is 0.791. The van der Waals surface area contributed by atoms with Gasteiger partial charge in [-0.15, -0.1) is 0 Å². The maximum atomic E-state index is 12.6. The van der Waals surface area contributed by atoms with Crippen LogP contribution in [-0.2, 0) is 21.8 Å². The van der Waals surface area contributed by atoms with E-state index in [9.17, 15) is 8.42 Å². The molecule has 3 aromatic rings. The number of ether oxygens (including phenoxy) is 2. The fraction of sp³-hybridized carbons (Fsp3) is 0.312. The number of imidazole rings is 1. The molecule has 134 valence electrons. The highest BCUT2D eigenvalue weighted by Crippen LogP contribution is 2.31. The smallest absolute Gasteiger partial charge is 0.295 e. The fourth-order valence-corrected chi connectivity index (χ4v) is 3.75. The third-order valence-electron chi connectivity index (χ3n) is 3.65. The van der Waals surface area contributed by atoms with Crippen LogP contribution in [0.2, 0.25) is 0 Å². The molecule has 0 amide bonds. The third-order valence-corrected chi connectivity index (χ3v) is 5.02. The average Bonchev–Trinajstić information content (AvgIpc) is 3.13. The zero-order valence-electron chi connectivity index (χ0n) is 14.2. The standard InChI is InChI=1S/C16H20N4O4S/c1-11-8-12-9-13(24-7-6-23-3)10-14(15(12)18-11)19-25(21,22)16-17-4-5-20(16)2/h4-5,8-10,18-19H,6-7H2,1-3H3. The molecule has 2 heterocycles. The van der Waals surface area contributed by atoms with Crippen molar-refractivity contribution in [2.75, 3.05) is 25.0 Å². The average molecular weight is 364 g/mol. The van der Waals surface area contributed by atoms with E-state index in [0.29, 0.717) is 30.2 Å². The molecule has 1 aromatic carbocycles. The first kappa shape index (κ1) is 17.3. The molecule has 25 heavy (non-hydrogen) atoms. The molecule has 0 aliphatic carbocycles. The number of anilines is 1. The SMILES string of the molecule is COCCOc1cc(NS(=O)(=O)c2nccn2C)c2[nH]c(C)cc2c1. The molecule has 8 nitrogen and oxygen atoms in total. The minimum Gasteiger partial charge on any atom is -0.491 e. The Morgan fingerprint density at radius 2 is 2.08 bits per heavy atom. The predicted octanol–water partition coefficient (Wildman–Crippen LogP) is 2.04. The van der Waals surface area contributed by atoms with E-state index in [1.54, 1.807) is 26.4 Å².